The lowest BCUT2D eigenvalue weighted by Gasteiger charge is -2.30. The number of hydrogen-bond acceptors (Lipinski definition) is 2. The largest absolute Gasteiger partial charge is 0.310 e. The van der Waals surface area contributed by atoms with Gasteiger partial charge in [0.2, 0.25) is 0 Å². The standard InChI is InChI=1S/C66H56N2/c1-65(2,3)49-31-35-51(36-32-49)67(61-29-17-25-45-19-13-15-27-55(45)61)53-39-41-57-59(43-53)63(47-21-9-7-10-22-47)58-42-40-54(44-60(58)64(57)48-23-11-8-12-24-48)68(52-37-33-50(34-38-52)66(4,5)6)62-30-18-26-46-20-14-16-28-56(46)62/h7-44H,1-6H3. The summed E-state index contributed by atoms with van der Waals surface area (Å²) in [5.74, 6) is 0. The van der Waals surface area contributed by atoms with E-state index in [0.717, 1.165) is 34.1 Å². The highest BCUT2D eigenvalue weighted by molar-refractivity contribution is 6.23. The zero-order valence-electron chi connectivity index (χ0n) is 39.8. The van der Waals surface area contributed by atoms with Gasteiger partial charge in [-0.05, 0) is 137 Å². The molecular formula is C66H56N2. The monoisotopic (exact) mass is 876 g/mol. The Labute approximate surface area is 401 Å². The van der Waals surface area contributed by atoms with Gasteiger partial charge in [-0.25, -0.2) is 0 Å². The molecule has 11 rings (SSSR count). The van der Waals surface area contributed by atoms with E-state index >= 15 is 0 Å². The highest BCUT2D eigenvalue weighted by Crippen LogP contribution is 2.49. The Hall–Kier alpha value is -7.94. The van der Waals surface area contributed by atoms with Crippen molar-refractivity contribution in [2.75, 3.05) is 9.80 Å². The molecule has 0 saturated heterocycles. The molecule has 330 valence electrons. The van der Waals surface area contributed by atoms with Gasteiger partial charge in [-0.1, -0.05) is 211 Å². The van der Waals surface area contributed by atoms with E-state index in [1.165, 1.54) is 76.5 Å². The molecule has 0 saturated carbocycles. The summed E-state index contributed by atoms with van der Waals surface area (Å²) in [4.78, 5) is 4.90. The third kappa shape index (κ3) is 7.76. The molecule has 0 fully saturated rings. The molecule has 0 bridgehead atoms. The molecule has 0 spiro atoms. The SMILES string of the molecule is CC(C)(C)c1ccc(N(c2ccc3c(-c4ccccc4)c4cc(N(c5ccc(C(C)(C)C)cc5)c5cccc6ccccc56)ccc4c(-c4ccccc4)c3c2)c2cccc3ccccc23)cc1. The Morgan fingerprint density at radius 3 is 0.985 bits per heavy atom. The second-order valence-electron chi connectivity index (χ2n) is 20.2. The molecule has 0 amide bonds. The number of nitrogens with zero attached hydrogens (tertiary/aromatic N) is 2. The van der Waals surface area contributed by atoms with Crippen LogP contribution in [-0.2, 0) is 10.8 Å². The second-order valence-corrected chi connectivity index (χ2v) is 20.2. The molecule has 0 atom stereocenters. The predicted molar refractivity (Wildman–Crippen MR) is 294 cm³/mol. The van der Waals surface area contributed by atoms with Gasteiger partial charge < -0.3 is 9.80 Å². The van der Waals surface area contributed by atoms with Gasteiger partial charge >= 0.3 is 0 Å². The quantitative estimate of drug-likeness (QED) is 0.140. The number of hydrogen-bond donors (Lipinski definition) is 0. The summed E-state index contributed by atoms with van der Waals surface area (Å²) in [7, 11) is 0. The van der Waals surface area contributed by atoms with Gasteiger partial charge in [0.05, 0.1) is 11.4 Å². The Kier molecular flexibility index (Phi) is 10.7. The summed E-state index contributed by atoms with van der Waals surface area (Å²) in [6.07, 6.45) is 0. The molecule has 11 aromatic rings. The highest BCUT2D eigenvalue weighted by atomic mass is 15.1. The minimum Gasteiger partial charge on any atom is -0.310 e. The number of benzene rings is 11. The maximum absolute atomic E-state index is 2.45. The van der Waals surface area contributed by atoms with Crippen molar-refractivity contribution in [2.24, 2.45) is 0 Å². The molecule has 2 nitrogen and oxygen atoms in total. The molecule has 0 heterocycles. The molecule has 0 radical (unpaired) electrons. The van der Waals surface area contributed by atoms with Crippen molar-refractivity contribution in [3.8, 4) is 22.3 Å². The molecular weight excluding hydrogens is 821 g/mol. The van der Waals surface area contributed by atoms with Crippen molar-refractivity contribution in [1.29, 1.82) is 0 Å². The zero-order chi connectivity index (χ0) is 46.6. The fraction of sp³-hybridized carbons (Fsp3) is 0.121. The van der Waals surface area contributed by atoms with Gasteiger partial charge in [0.25, 0.3) is 0 Å². The fourth-order valence-corrected chi connectivity index (χ4v) is 10.2. The summed E-state index contributed by atoms with van der Waals surface area (Å²) >= 11 is 0. The first-order valence-electron chi connectivity index (χ1n) is 23.9. The van der Waals surface area contributed by atoms with Gasteiger partial charge in [-0.3, -0.25) is 0 Å². The molecule has 68 heavy (non-hydrogen) atoms. The molecule has 0 aliphatic rings. The third-order valence-corrected chi connectivity index (χ3v) is 13.7. The molecule has 0 unspecified atom stereocenters. The van der Waals surface area contributed by atoms with E-state index in [2.05, 4.69) is 282 Å². The predicted octanol–water partition coefficient (Wildman–Crippen LogP) is 19.2. The molecule has 0 N–H and O–H groups in total. The van der Waals surface area contributed by atoms with E-state index in [4.69, 9.17) is 0 Å². The maximum Gasteiger partial charge on any atom is 0.0540 e. The zero-order valence-corrected chi connectivity index (χ0v) is 39.8. The minimum absolute atomic E-state index is 0.0356. The van der Waals surface area contributed by atoms with E-state index in [1.54, 1.807) is 0 Å². The van der Waals surface area contributed by atoms with Crippen LogP contribution in [0.3, 0.4) is 0 Å². The minimum atomic E-state index is 0.0356. The van der Waals surface area contributed by atoms with Crippen molar-refractivity contribution in [3.05, 3.63) is 242 Å². The lowest BCUT2D eigenvalue weighted by atomic mass is 9.85. The normalized spacial score (nSPS) is 12.0. The van der Waals surface area contributed by atoms with E-state index in [0.29, 0.717) is 0 Å². The summed E-state index contributed by atoms with van der Waals surface area (Å²) in [6, 6.07) is 85.4. The van der Waals surface area contributed by atoms with Gasteiger partial charge in [0.1, 0.15) is 0 Å². The van der Waals surface area contributed by atoms with Crippen molar-refractivity contribution < 1.29 is 0 Å². The summed E-state index contributed by atoms with van der Waals surface area (Å²) in [6.45, 7) is 13.7. The van der Waals surface area contributed by atoms with Crippen LogP contribution in [0.15, 0.2) is 231 Å². The average molecular weight is 877 g/mol. The number of fused-ring (bicyclic) bond motifs is 4. The lowest BCUT2D eigenvalue weighted by molar-refractivity contribution is 0.590. The van der Waals surface area contributed by atoms with Gasteiger partial charge in [0.15, 0.2) is 0 Å². The fourth-order valence-electron chi connectivity index (χ4n) is 10.2. The second kappa shape index (κ2) is 17.0. The van der Waals surface area contributed by atoms with Crippen molar-refractivity contribution in [2.45, 2.75) is 52.4 Å². The average Bonchev–Trinajstić information content (AvgIpc) is 3.36. The van der Waals surface area contributed by atoms with Crippen LogP contribution in [0.5, 0.6) is 0 Å². The first-order valence-corrected chi connectivity index (χ1v) is 23.9. The number of anilines is 6. The van der Waals surface area contributed by atoms with Crippen LogP contribution < -0.4 is 9.80 Å². The highest BCUT2D eigenvalue weighted by Gasteiger charge is 2.24. The molecule has 2 heteroatoms. The van der Waals surface area contributed by atoms with Crippen LogP contribution in [0, 0.1) is 0 Å². The maximum atomic E-state index is 2.45. The summed E-state index contributed by atoms with van der Waals surface area (Å²) < 4.78 is 0. The summed E-state index contributed by atoms with van der Waals surface area (Å²) in [5, 5.41) is 9.65. The molecule has 0 aliphatic heterocycles. The van der Waals surface area contributed by atoms with Gasteiger partial charge in [-0.15, -0.1) is 0 Å². The van der Waals surface area contributed by atoms with Crippen LogP contribution in [-0.4, -0.2) is 0 Å². The van der Waals surface area contributed by atoms with Crippen LogP contribution in [0.25, 0.3) is 65.3 Å². The van der Waals surface area contributed by atoms with Crippen LogP contribution in [0.2, 0.25) is 0 Å². The van der Waals surface area contributed by atoms with Crippen molar-refractivity contribution in [3.63, 3.8) is 0 Å². The smallest absolute Gasteiger partial charge is 0.0540 e. The topological polar surface area (TPSA) is 6.48 Å². The first kappa shape index (κ1) is 42.7. The Morgan fingerprint density at radius 1 is 0.265 bits per heavy atom. The Bertz CT molecular complexity index is 3360. The van der Waals surface area contributed by atoms with Gasteiger partial charge in [-0.2, -0.15) is 0 Å². The van der Waals surface area contributed by atoms with Gasteiger partial charge in [0, 0.05) is 33.5 Å². The van der Waals surface area contributed by atoms with E-state index in [9.17, 15) is 0 Å². The Balaban J connectivity index is 1.21. The van der Waals surface area contributed by atoms with Crippen LogP contribution >= 0.6 is 0 Å². The van der Waals surface area contributed by atoms with Crippen LogP contribution in [0.4, 0.5) is 34.1 Å². The van der Waals surface area contributed by atoms with E-state index in [-0.39, 0.29) is 10.8 Å². The molecule has 0 aliphatic carbocycles. The molecule has 11 aromatic carbocycles. The molecule has 0 aromatic heterocycles. The van der Waals surface area contributed by atoms with Crippen LogP contribution in [0.1, 0.15) is 52.7 Å². The van der Waals surface area contributed by atoms with Crippen molar-refractivity contribution >= 4 is 77.2 Å². The Morgan fingerprint density at radius 2 is 0.603 bits per heavy atom. The lowest BCUT2D eigenvalue weighted by Crippen LogP contribution is -2.13. The third-order valence-electron chi connectivity index (χ3n) is 13.7. The van der Waals surface area contributed by atoms with Crippen molar-refractivity contribution in [1.82, 2.24) is 0 Å². The van der Waals surface area contributed by atoms with E-state index < -0.39 is 0 Å². The van der Waals surface area contributed by atoms with E-state index in [1.807, 2.05) is 0 Å². The summed E-state index contributed by atoms with van der Waals surface area (Å²) in [5.41, 5.74) is 14.2. The first-order chi connectivity index (χ1) is 33.0. The number of rotatable bonds is 8.